The average Bonchev–Trinajstić information content (AvgIpc) is 3.38. The van der Waals surface area contributed by atoms with E-state index in [9.17, 15) is 18.0 Å². The number of rotatable bonds is 3. The van der Waals surface area contributed by atoms with Crippen LogP contribution in [0, 0.1) is 11.8 Å². The highest BCUT2D eigenvalue weighted by molar-refractivity contribution is 5.77. The van der Waals surface area contributed by atoms with Crippen molar-refractivity contribution in [1.82, 2.24) is 14.9 Å². The maximum absolute atomic E-state index is 12.4. The van der Waals surface area contributed by atoms with E-state index in [0.717, 1.165) is 58.0 Å². The number of aliphatic carboxylic acids is 1. The van der Waals surface area contributed by atoms with Crippen molar-refractivity contribution in [2.45, 2.75) is 38.0 Å². The summed E-state index contributed by atoms with van der Waals surface area (Å²) in [6.07, 6.45) is 2.51. The van der Waals surface area contributed by atoms with Crippen molar-refractivity contribution in [2.75, 3.05) is 37.7 Å². The van der Waals surface area contributed by atoms with Gasteiger partial charge in [0, 0.05) is 44.5 Å². The van der Waals surface area contributed by atoms with Gasteiger partial charge in [0.15, 0.2) is 0 Å². The summed E-state index contributed by atoms with van der Waals surface area (Å²) in [5, 5.41) is 7.12. The molecular weight excluding hydrogens is 405 g/mol. The predicted octanol–water partition coefficient (Wildman–Crippen LogP) is 1.96. The molecule has 4 rings (SSSR count). The van der Waals surface area contributed by atoms with Gasteiger partial charge in [-0.15, -0.1) is 0 Å². The molecular formula is C19H25F3N4O4. The normalized spacial score (nSPS) is 26.0. The maximum Gasteiger partial charge on any atom is 0.490 e. The lowest BCUT2D eigenvalue weighted by molar-refractivity contribution is -0.192. The lowest BCUT2D eigenvalue weighted by atomic mass is 9.83. The van der Waals surface area contributed by atoms with E-state index < -0.39 is 12.1 Å². The SMILES string of the molecule is O=C(C[C@@H]1OC[C@H]2CN(c3ncccn3)CC[C@H]21)N1CCCC1.O=C(O)C(F)(F)F. The minimum absolute atomic E-state index is 0.104. The van der Waals surface area contributed by atoms with Crippen LogP contribution in [0.15, 0.2) is 18.5 Å². The van der Waals surface area contributed by atoms with E-state index in [1.807, 2.05) is 11.0 Å². The standard InChI is InChI=1S/C17H24N4O2.C2HF3O2/c22-16(20-7-1-2-8-20)10-15-14-4-9-21(11-13(14)12-23-15)17-18-5-3-6-19-17;3-2(4,5)1(6)7/h3,5-6,13-15H,1-2,4,7-12H2;(H,6,7)/t13-,14-,15+;/m1./s1. The van der Waals surface area contributed by atoms with Gasteiger partial charge in [-0.1, -0.05) is 0 Å². The summed E-state index contributed by atoms with van der Waals surface area (Å²) >= 11 is 0. The number of likely N-dealkylation sites (tertiary alicyclic amines) is 1. The third-order valence-corrected chi connectivity index (χ3v) is 5.71. The van der Waals surface area contributed by atoms with Crippen molar-refractivity contribution >= 4 is 17.8 Å². The fourth-order valence-corrected chi connectivity index (χ4v) is 4.20. The van der Waals surface area contributed by atoms with Crippen molar-refractivity contribution < 1.29 is 32.6 Å². The molecule has 1 aromatic heterocycles. The Bertz CT molecular complexity index is 728. The lowest BCUT2D eigenvalue weighted by Crippen LogP contribution is -2.43. The molecule has 11 heteroatoms. The number of amides is 1. The van der Waals surface area contributed by atoms with Gasteiger partial charge in [-0.25, -0.2) is 14.8 Å². The molecule has 0 unspecified atom stereocenters. The van der Waals surface area contributed by atoms with Crippen LogP contribution in [-0.2, 0) is 14.3 Å². The van der Waals surface area contributed by atoms with E-state index in [2.05, 4.69) is 14.9 Å². The maximum atomic E-state index is 12.4. The van der Waals surface area contributed by atoms with E-state index in [-0.39, 0.29) is 12.0 Å². The van der Waals surface area contributed by atoms with Crippen molar-refractivity contribution in [2.24, 2.45) is 11.8 Å². The van der Waals surface area contributed by atoms with Gasteiger partial charge in [0.1, 0.15) is 0 Å². The minimum atomic E-state index is -5.08. The minimum Gasteiger partial charge on any atom is -0.475 e. The Morgan fingerprint density at radius 3 is 2.40 bits per heavy atom. The summed E-state index contributed by atoms with van der Waals surface area (Å²) in [7, 11) is 0. The van der Waals surface area contributed by atoms with Crippen LogP contribution in [0.25, 0.3) is 0 Å². The summed E-state index contributed by atoms with van der Waals surface area (Å²) in [6, 6.07) is 1.84. The number of hydrogen-bond acceptors (Lipinski definition) is 6. The van der Waals surface area contributed by atoms with Crippen LogP contribution in [0.3, 0.4) is 0 Å². The van der Waals surface area contributed by atoms with Gasteiger partial charge in [0.05, 0.1) is 19.1 Å². The summed E-state index contributed by atoms with van der Waals surface area (Å²) in [5.41, 5.74) is 0. The number of carbonyl (C=O) groups is 2. The molecule has 0 radical (unpaired) electrons. The van der Waals surface area contributed by atoms with E-state index in [4.69, 9.17) is 14.6 Å². The van der Waals surface area contributed by atoms with Crippen molar-refractivity contribution in [3.05, 3.63) is 18.5 Å². The predicted molar refractivity (Wildman–Crippen MR) is 99.7 cm³/mol. The van der Waals surface area contributed by atoms with E-state index >= 15 is 0 Å². The number of ether oxygens (including phenoxy) is 1. The molecule has 0 bridgehead atoms. The zero-order valence-electron chi connectivity index (χ0n) is 16.4. The summed E-state index contributed by atoms with van der Waals surface area (Å²) < 4.78 is 37.7. The first-order valence-corrected chi connectivity index (χ1v) is 9.97. The zero-order chi connectivity index (χ0) is 21.7. The topological polar surface area (TPSA) is 95.9 Å². The van der Waals surface area contributed by atoms with Gasteiger partial charge in [0.2, 0.25) is 11.9 Å². The Hall–Kier alpha value is -2.43. The fraction of sp³-hybridized carbons (Fsp3) is 0.684. The summed E-state index contributed by atoms with van der Waals surface area (Å²) in [6.45, 7) is 4.50. The molecule has 3 atom stereocenters. The number of aromatic nitrogens is 2. The molecule has 0 saturated carbocycles. The average molecular weight is 430 g/mol. The number of carbonyl (C=O) groups excluding carboxylic acids is 1. The van der Waals surface area contributed by atoms with Gasteiger partial charge in [-0.2, -0.15) is 13.2 Å². The van der Waals surface area contributed by atoms with Crippen LogP contribution in [-0.4, -0.2) is 76.9 Å². The highest BCUT2D eigenvalue weighted by atomic mass is 19.4. The molecule has 166 valence electrons. The number of halogens is 3. The number of alkyl halides is 3. The number of anilines is 1. The molecule has 0 spiro atoms. The number of fused-ring (bicyclic) bond motifs is 1. The highest BCUT2D eigenvalue weighted by Gasteiger charge is 2.42. The van der Waals surface area contributed by atoms with E-state index in [1.165, 1.54) is 0 Å². The van der Waals surface area contributed by atoms with E-state index in [0.29, 0.717) is 18.3 Å². The number of carboxylic acid groups (broad SMARTS) is 1. The Labute approximate surface area is 172 Å². The van der Waals surface area contributed by atoms with Crippen LogP contribution in [0.1, 0.15) is 25.7 Å². The van der Waals surface area contributed by atoms with Crippen LogP contribution in [0.5, 0.6) is 0 Å². The van der Waals surface area contributed by atoms with E-state index in [1.54, 1.807) is 12.4 Å². The second-order valence-corrected chi connectivity index (χ2v) is 7.67. The molecule has 3 saturated heterocycles. The number of piperidine rings is 1. The van der Waals surface area contributed by atoms with Crippen molar-refractivity contribution in [1.29, 1.82) is 0 Å². The van der Waals surface area contributed by atoms with Gasteiger partial charge >= 0.3 is 12.1 Å². The van der Waals surface area contributed by atoms with Gasteiger partial charge < -0.3 is 19.6 Å². The van der Waals surface area contributed by atoms with Crippen molar-refractivity contribution in [3.8, 4) is 0 Å². The first kappa shape index (κ1) is 22.3. The molecule has 1 aromatic rings. The first-order valence-electron chi connectivity index (χ1n) is 9.97. The molecule has 3 fully saturated rings. The Morgan fingerprint density at radius 1 is 1.17 bits per heavy atom. The smallest absolute Gasteiger partial charge is 0.475 e. The highest BCUT2D eigenvalue weighted by Crippen LogP contribution is 2.37. The molecule has 0 aromatic carbocycles. The molecule has 1 amide bonds. The number of nitrogens with zero attached hydrogens (tertiary/aromatic N) is 4. The molecule has 3 aliphatic rings. The molecule has 30 heavy (non-hydrogen) atoms. The first-order chi connectivity index (χ1) is 14.3. The van der Waals surface area contributed by atoms with Gasteiger partial charge in [0.25, 0.3) is 0 Å². The van der Waals surface area contributed by atoms with Gasteiger partial charge in [-0.3, -0.25) is 4.79 Å². The molecule has 3 aliphatic heterocycles. The third-order valence-electron chi connectivity index (χ3n) is 5.71. The van der Waals surface area contributed by atoms with Gasteiger partial charge in [-0.05, 0) is 31.2 Å². The molecule has 8 nitrogen and oxygen atoms in total. The Kier molecular flexibility index (Phi) is 7.11. The number of carboxylic acids is 1. The third kappa shape index (κ3) is 5.59. The van der Waals surface area contributed by atoms with Crippen LogP contribution < -0.4 is 4.90 Å². The summed E-state index contributed by atoms with van der Waals surface area (Å²) in [4.78, 5) is 34.2. The Balaban J connectivity index is 0.000000318. The zero-order valence-corrected chi connectivity index (χ0v) is 16.4. The lowest BCUT2D eigenvalue weighted by Gasteiger charge is -2.35. The molecule has 4 heterocycles. The second kappa shape index (κ2) is 9.59. The van der Waals surface area contributed by atoms with Crippen LogP contribution in [0.2, 0.25) is 0 Å². The molecule has 0 aliphatic carbocycles. The van der Waals surface area contributed by atoms with Crippen molar-refractivity contribution in [3.63, 3.8) is 0 Å². The summed E-state index contributed by atoms with van der Waals surface area (Å²) in [5.74, 6) is -0.678. The molecule has 1 N–H and O–H groups in total. The largest absolute Gasteiger partial charge is 0.490 e. The van der Waals surface area contributed by atoms with Crippen LogP contribution in [0.4, 0.5) is 19.1 Å². The fourth-order valence-electron chi connectivity index (χ4n) is 4.20. The Morgan fingerprint density at radius 2 is 1.80 bits per heavy atom. The quantitative estimate of drug-likeness (QED) is 0.783. The van der Waals surface area contributed by atoms with Crippen LogP contribution >= 0.6 is 0 Å². The number of hydrogen-bond donors (Lipinski definition) is 1. The second-order valence-electron chi connectivity index (χ2n) is 7.67. The monoisotopic (exact) mass is 430 g/mol.